The Labute approximate surface area is 138 Å². The van der Waals surface area contributed by atoms with Gasteiger partial charge < -0.3 is 11.1 Å². The molecule has 0 spiro atoms. The summed E-state index contributed by atoms with van der Waals surface area (Å²) in [6, 6.07) is 12.5. The Balaban J connectivity index is 2.32. The Morgan fingerprint density at radius 1 is 1.14 bits per heavy atom. The van der Waals surface area contributed by atoms with Gasteiger partial charge in [-0.3, -0.25) is 0 Å². The molecule has 0 amide bonds. The normalized spacial score (nSPS) is 11.6. The lowest BCUT2D eigenvalue weighted by atomic mass is 10.2. The number of nitrogens with zero attached hydrogens (tertiary/aromatic N) is 1. The Morgan fingerprint density at radius 2 is 1.86 bits per heavy atom. The molecule has 3 N–H and O–H groups in total. The largest absolute Gasteiger partial charge is 0.397 e. The molecule has 0 unspecified atom stereocenters. The molecule has 112 valence electrons. The fourth-order valence-electron chi connectivity index (χ4n) is 1.75. The first kappa shape index (κ1) is 16.1. The lowest BCUT2D eigenvalue weighted by molar-refractivity contribution is 0.521. The molecule has 0 aliphatic rings. The summed E-state index contributed by atoms with van der Waals surface area (Å²) in [5, 5.41) is 3.18. The van der Waals surface area contributed by atoms with Gasteiger partial charge in [-0.1, -0.05) is 6.07 Å². The molecule has 5 nitrogen and oxygen atoms in total. The average Bonchev–Trinajstić information content (AvgIpc) is 2.41. The molecule has 2 aromatic rings. The number of nitrogen functional groups attached to an aromatic ring is 1. The third kappa shape index (κ3) is 3.66. The summed E-state index contributed by atoms with van der Waals surface area (Å²) in [5.41, 5.74) is 7.92. The summed E-state index contributed by atoms with van der Waals surface area (Å²) >= 11 is 2.22. The summed E-state index contributed by atoms with van der Waals surface area (Å²) in [7, 11) is -0.492. The van der Waals surface area contributed by atoms with Crippen molar-refractivity contribution in [3.8, 4) is 0 Å². The molecule has 2 aromatic carbocycles. The SMILES string of the molecule is CN(C)S(=O)(=O)c1ccc(Nc2cccc(I)c2)c(N)c1. The topological polar surface area (TPSA) is 75.4 Å². The maximum Gasteiger partial charge on any atom is 0.242 e. The third-order valence-electron chi connectivity index (χ3n) is 2.91. The monoisotopic (exact) mass is 417 g/mol. The van der Waals surface area contributed by atoms with Crippen molar-refractivity contribution in [1.29, 1.82) is 0 Å². The number of hydrogen-bond donors (Lipinski definition) is 2. The van der Waals surface area contributed by atoms with E-state index in [0.29, 0.717) is 11.4 Å². The van der Waals surface area contributed by atoms with E-state index in [1.54, 1.807) is 12.1 Å². The highest BCUT2D eigenvalue weighted by Crippen LogP contribution is 2.27. The fourth-order valence-corrected chi connectivity index (χ4v) is 3.23. The van der Waals surface area contributed by atoms with Crippen molar-refractivity contribution in [2.45, 2.75) is 4.90 Å². The predicted molar refractivity (Wildman–Crippen MR) is 94.2 cm³/mol. The Kier molecular flexibility index (Phi) is 4.74. The van der Waals surface area contributed by atoms with Crippen LogP contribution in [0.1, 0.15) is 0 Å². The van der Waals surface area contributed by atoms with Crippen molar-refractivity contribution in [1.82, 2.24) is 4.31 Å². The zero-order valence-corrected chi connectivity index (χ0v) is 14.6. The Hall–Kier alpha value is -1.32. The summed E-state index contributed by atoms with van der Waals surface area (Å²) in [6.07, 6.45) is 0. The van der Waals surface area contributed by atoms with Crippen molar-refractivity contribution < 1.29 is 8.42 Å². The minimum absolute atomic E-state index is 0.179. The molecule has 0 aliphatic heterocycles. The fraction of sp³-hybridized carbons (Fsp3) is 0.143. The van der Waals surface area contributed by atoms with Crippen LogP contribution in [-0.2, 0) is 10.0 Å². The first-order valence-electron chi connectivity index (χ1n) is 6.15. The van der Waals surface area contributed by atoms with Crippen LogP contribution in [-0.4, -0.2) is 26.8 Å². The molecule has 0 radical (unpaired) electrons. The zero-order valence-electron chi connectivity index (χ0n) is 11.7. The minimum Gasteiger partial charge on any atom is -0.397 e. The van der Waals surface area contributed by atoms with Gasteiger partial charge >= 0.3 is 0 Å². The van der Waals surface area contributed by atoms with Crippen molar-refractivity contribution in [3.63, 3.8) is 0 Å². The predicted octanol–water partition coefficient (Wildman–Crippen LogP) is 2.87. The van der Waals surface area contributed by atoms with Gasteiger partial charge in [-0.25, -0.2) is 12.7 Å². The van der Waals surface area contributed by atoms with Crippen molar-refractivity contribution in [3.05, 3.63) is 46.0 Å². The highest BCUT2D eigenvalue weighted by molar-refractivity contribution is 14.1. The van der Waals surface area contributed by atoms with Crippen LogP contribution in [0.4, 0.5) is 17.1 Å². The van der Waals surface area contributed by atoms with Gasteiger partial charge in [0, 0.05) is 23.4 Å². The van der Waals surface area contributed by atoms with E-state index in [9.17, 15) is 8.42 Å². The number of nitrogens with one attached hydrogen (secondary N) is 1. The number of hydrogen-bond acceptors (Lipinski definition) is 4. The van der Waals surface area contributed by atoms with Gasteiger partial charge in [0.1, 0.15) is 0 Å². The molecule has 0 atom stereocenters. The summed E-state index contributed by atoms with van der Waals surface area (Å²) in [4.78, 5) is 0.179. The van der Waals surface area contributed by atoms with Gasteiger partial charge in [0.25, 0.3) is 0 Å². The Morgan fingerprint density at radius 3 is 2.43 bits per heavy atom. The van der Waals surface area contributed by atoms with Crippen LogP contribution in [0.3, 0.4) is 0 Å². The maximum atomic E-state index is 12.0. The first-order chi connectivity index (χ1) is 9.80. The molecule has 0 saturated heterocycles. The minimum atomic E-state index is -3.47. The Bertz CT molecular complexity index is 761. The van der Waals surface area contributed by atoms with Gasteiger partial charge in [-0.15, -0.1) is 0 Å². The van der Waals surface area contributed by atoms with E-state index in [-0.39, 0.29) is 4.90 Å². The second kappa shape index (κ2) is 6.20. The van der Waals surface area contributed by atoms with Gasteiger partial charge in [0.05, 0.1) is 16.3 Å². The van der Waals surface area contributed by atoms with Crippen LogP contribution in [0.2, 0.25) is 0 Å². The average molecular weight is 417 g/mol. The van der Waals surface area contributed by atoms with Gasteiger partial charge in [0.2, 0.25) is 10.0 Å². The summed E-state index contributed by atoms with van der Waals surface area (Å²) < 4.78 is 26.4. The van der Waals surface area contributed by atoms with Crippen LogP contribution in [0.5, 0.6) is 0 Å². The number of halogens is 1. The number of anilines is 3. The second-order valence-electron chi connectivity index (χ2n) is 4.67. The third-order valence-corrected chi connectivity index (χ3v) is 5.39. The number of benzene rings is 2. The zero-order chi connectivity index (χ0) is 15.6. The molecule has 21 heavy (non-hydrogen) atoms. The van der Waals surface area contributed by atoms with E-state index in [0.717, 1.165) is 13.6 Å². The molecule has 0 aromatic heterocycles. The summed E-state index contributed by atoms with van der Waals surface area (Å²) in [6.45, 7) is 0. The number of nitrogens with two attached hydrogens (primary N) is 1. The molecule has 0 fully saturated rings. The van der Waals surface area contributed by atoms with Gasteiger partial charge in [-0.2, -0.15) is 0 Å². The van der Waals surface area contributed by atoms with Crippen LogP contribution in [0.25, 0.3) is 0 Å². The highest BCUT2D eigenvalue weighted by atomic mass is 127. The van der Waals surface area contributed by atoms with E-state index in [4.69, 9.17) is 5.73 Å². The van der Waals surface area contributed by atoms with E-state index in [1.807, 2.05) is 24.3 Å². The van der Waals surface area contributed by atoms with E-state index < -0.39 is 10.0 Å². The van der Waals surface area contributed by atoms with Crippen molar-refractivity contribution >= 4 is 49.7 Å². The number of rotatable bonds is 4. The standard InChI is InChI=1S/C14H16IN3O2S/c1-18(2)21(19,20)12-6-7-14(13(16)9-12)17-11-5-3-4-10(15)8-11/h3-9,17H,16H2,1-2H3. The van der Waals surface area contributed by atoms with Crippen LogP contribution < -0.4 is 11.1 Å². The lowest BCUT2D eigenvalue weighted by Crippen LogP contribution is -2.22. The molecule has 0 bridgehead atoms. The van der Waals surface area contributed by atoms with E-state index >= 15 is 0 Å². The molecule has 7 heteroatoms. The molecule has 2 rings (SSSR count). The molecule has 0 saturated carbocycles. The van der Waals surface area contributed by atoms with Crippen LogP contribution in [0, 0.1) is 3.57 Å². The van der Waals surface area contributed by atoms with Gasteiger partial charge in [0.15, 0.2) is 0 Å². The molecular weight excluding hydrogens is 401 g/mol. The van der Waals surface area contributed by atoms with Crippen molar-refractivity contribution in [2.24, 2.45) is 0 Å². The molecular formula is C14H16IN3O2S. The number of sulfonamides is 1. The highest BCUT2D eigenvalue weighted by Gasteiger charge is 2.18. The van der Waals surface area contributed by atoms with Crippen LogP contribution in [0.15, 0.2) is 47.4 Å². The first-order valence-corrected chi connectivity index (χ1v) is 8.67. The quantitative estimate of drug-likeness (QED) is 0.593. The molecule has 0 heterocycles. The van der Waals surface area contributed by atoms with E-state index in [1.165, 1.54) is 20.2 Å². The van der Waals surface area contributed by atoms with E-state index in [2.05, 4.69) is 27.9 Å². The second-order valence-corrected chi connectivity index (χ2v) is 8.07. The lowest BCUT2D eigenvalue weighted by Gasteiger charge is -2.14. The maximum absolute atomic E-state index is 12.0. The molecule has 0 aliphatic carbocycles. The van der Waals surface area contributed by atoms with Gasteiger partial charge in [-0.05, 0) is 59.0 Å². The summed E-state index contributed by atoms with van der Waals surface area (Å²) in [5.74, 6) is 0. The smallest absolute Gasteiger partial charge is 0.242 e. The van der Waals surface area contributed by atoms with Crippen LogP contribution >= 0.6 is 22.6 Å². The van der Waals surface area contributed by atoms with Crippen molar-refractivity contribution in [2.75, 3.05) is 25.1 Å².